The van der Waals surface area contributed by atoms with Gasteiger partial charge in [-0.3, -0.25) is 4.79 Å². The Hall–Kier alpha value is -1.08. The minimum Gasteiger partial charge on any atom is -0.348 e. The lowest BCUT2D eigenvalue weighted by Gasteiger charge is -2.17. The lowest BCUT2D eigenvalue weighted by Crippen LogP contribution is -2.33. The molecular weight excluding hydrogens is 166 g/mol. The number of carbonyl (C=O) groups is 1. The number of rotatable bonds is 1. The van der Waals surface area contributed by atoms with Crippen molar-refractivity contribution in [1.29, 1.82) is 5.26 Å². The maximum Gasteiger partial charge on any atom is 0.227 e. The van der Waals surface area contributed by atoms with Gasteiger partial charge in [-0.1, -0.05) is 0 Å². The summed E-state index contributed by atoms with van der Waals surface area (Å²) in [7, 11) is 5.40. The molecule has 0 aliphatic carbocycles. The van der Waals surface area contributed by atoms with Crippen LogP contribution in [0.2, 0.25) is 0 Å². The molecule has 1 aliphatic heterocycles. The molecule has 1 amide bonds. The fraction of sp³-hybridized carbons (Fsp3) is 0.778. The van der Waals surface area contributed by atoms with Gasteiger partial charge in [0.15, 0.2) is 0 Å². The summed E-state index contributed by atoms with van der Waals surface area (Å²) in [6.07, 6.45) is 0. The molecule has 0 bridgehead atoms. The van der Waals surface area contributed by atoms with Crippen LogP contribution in [-0.4, -0.2) is 49.9 Å². The third kappa shape index (κ3) is 1.99. The Balaban J connectivity index is 2.70. The molecule has 1 aliphatic rings. The van der Waals surface area contributed by atoms with Crippen molar-refractivity contribution >= 4 is 5.91 Å². The number of likely N-dealkylation sites (tertiary alicyclic amines) is 1. The zero-order valence-electron chi connectivity index (χ0n) is 8.32. The molecule has 2 unspecified atom stereocenters. The minimum atomic E-state index is -0.139. The Morgan fingerprint density at radius 3 is 2.62 bits per heavy atom. The molecule has 13 heavy (non-hydrogen) atoms. The normalized spacial score (nSPS) is 28.5. The van der Waals surface area contributed by atoms with E-state index in [-0.39, 0.29) is 17.7 Å². The van der Waals surface area contributed by atoms with Crippen molar-refractivity contribution in [1.82, 2.24) is 9.80 Å². The fourth-order valence-corrected chi connectivity index (χ4v) is 1.71. The van der Waals surface area contributed by atoms with E-state index in [0.717, 1.165) is 0 Å². The molecule has 0 radical (unpaired) electrons. The fourth-order valence-electron chi connectivity index (χ4n) is 1.71. The van der Waals surface area contributed by atoms with Crippen molar-refractivity contribution < 1.29 is 4.79 Å². The average molecular weight is 181 g/mol. The Labute approximate surface area is 78.7 Å². The molecule has 0 N–H and O–H groups in total. The number of nitriles is 1. The van der Waals surface area contributed by atoms with Crippen LogP contribution < -0.4 is 0 Å². The van der Waals surface area contributed by atoms with Crippen molar-refractivity contribution in [2.45, 2.75) is 0 Å². The molecule has 1 rings (SSSR count). The second kappa shape index (κ2) is 3.75. The summed E-state index contributed by atoms with van der Waals surface area (Å²) in [6, 6.07) is 2.19. The second-order valence-electron chi connectivity index (χ2n) is 3.80. The average Bonchev–Trinajstić information content (AvgIpc) is 2.45. The highest BCUT2D eigenvalue weighted by atomic mass is 16.2. The van der Waals surface area contributed by atoms with Crippen LogP contribution in [0.3, 0.4) is 0 Å². The lowest BCUT2D eigenvalue weighted by atomic mass is 9.96. The van der Waals surface area contributed by atoms with Gasteiger partial charge < -0.3 is 9.80 Å². The third-order valence-electron chi connectivity index (χ3n) is 2.43. The molecular formula is C9H15N3O. The molecule has 4 heteroatoms. The first-order valence-electron chi connectivity index (χ1n) is 4.35. The monoisotopic (exact) mass is 181 g/mol. The van der Waals surface area contributed by atoms with Crippen LogP contribution in [0.15, 0.2) is 0 Å². The molecule has 4 nitrogen and oxygen atoms in total. The number of hydrogen-bond donors (Lipinski definition) is 0. The van der Waals surface area contributed by atoms with Crippen molar-refractivity contribution in [2.24, 2.45) is 11.8 Å². The van der Waals surface area contributed by atoms with Crippen LogP contribution in [0.4, 0.5) is 0 Å². The number of hydrogen-bond acceptors (Lipinski definition) is 3. The first-order chi connectivity index (χ1) is 6.06. The summed E-state index contributed by atoms with van der Waals surface area (Å²) in [5, 5.41) is 8.84. The quantitative estimate of drug-likeness (QED) is 0.561. The van der Waals surface area contributed by atoms with Crippen LogP contribution in [0, 0.1) is 23.2 Å². The van der Waals surface area contributed by atoms with Crippen LogP contribution in [0.5, 0.6) is 0 Å². The van der Waals surface area contributed by atoms with E-state index < -0.39 is 0 Å². The van der Waals surface area contributed by atoms with Crippen LogP contribution in [0.25, 0.3) is 0 Å². The summed E-state index contributed by atoms with van der Waals surface area (Å²) < 4.78 is 0. The number of nitrogens with zero attached hydrogens (tertiary/aromatic N) is 3. The van der Waals surface area contributed by atoms with E-state index >= 15 is 0 Å². The second-order valence-corrected chi connectivity index (χ2v) is 3.80. The van der Waals surface area contributed by atoms with Gasteiger partial charge in [-0.2, -0.15) is 5.26 Å². The minimum absolute atomic E-state index is 0.0656. The first-order valence-corrected chi connectivity index (χ1v) is 4.35. The predicted octanol–water partition coefficient (Wildman–Crippen LogP) is -0.224. The highest BCUT2D eigenvalue weighted by Crippen LogP contribution is 2.22. The van der Waals surface area contributed by atoms with Gasteiger partial charge in [-0.25, -0.2) is 0 Å². The van der Waals surface area contributed by atoms with E-state index in [4.69, 9.17) is 5.26 Å². The van der Waals surface area contributed by atoms with E-state index in [0.29, 0.717) is 13.1 Å². The zero-order valence-corrected chi connectivity index (χ0v) is 8.32. The van der Waals surface area contributed by atoms with Gasteiger partial charge in [0.25, 0.3) is 0 Å². The Morgan fingerprint density at radius 2 is 2.15 bits per heavy atom. The molecule has 0 spiro atoms. The largest absolute Gasteiger partial charge is 0.348 e. The molecule has 1 fully saturated rings. The molecule has 0 saturated carbocycles. The van der Waals surface area contributed by atoms with Gasteiger partial charge in [0.1, 0.15) is 0 Å². The molecule has 1 saturated heterocycles. The number of carbonyl (C=O) groups excluding carboxylic acids is 1. The summed E-state index contributed by atoms with van der Waals surface area (Å²) in [5.74, 6) is -0.208. The van der Waals surface area contributed by atoms with Crippen LogP contribution in [0.1, 0.15) is 0 Å². The molecule has 72 valence electrons. The van der Waals surface area contributed by atoms with E-state index in [2.05, 4.69) is 6.07 Å². The molecule has 0 aromatic carbocycles. The van der Waals surface area contributed by atoms with Gasteiger partial charge >= 0.3 is 0 Å². The Morgan fingerprint density at radius 1 is 1.54 bits per heavy atom. The summed E-state index contributed by atoms with van der Waals surface area (Å²) >= 11 is 0. The van der Waals surface area contributed by atoms with Gasteiger partial charge in [0.05, 0.1) is 17.9 Å². The van der Waals surface area contributed by atoms with Crippen LogP contribution in [-0.2, 0) is 4.79 Å². The van der Waals surface area contributed by atoms with Gasteiger partial charge in [0.2, 0.25) is 5.91 Å². The SMILES string of the molecule is CN1CC(C#N)C(C(=O)N(C)C)C1. The van der Waals surface area contributed by atoms with Crippen molar-refractivity contribution in [3.63, 3.8) is 0 Å². The van der Waals surface area contributed by atoms with Gasteiger partial charge in [0, 0.05) is 27.2 Å². The van der Waals surface area contributed by atoms with E-state index in [1.54, 1.807) is 19.0 Å². The van der Waals surface area contributed by atoms with Crippen molar-refractivity contribution in [3.05, 3.63) is 0 Å². The van der Waals surface area contributed by atoms with Gasteiger partial charge in [-0.15, -0.1) is 0 Å². The summed E-state index contributed by atoms with van der Waals surface area (Å²) in [5.41, 5.74) is 0. The zero-order chi connectivity index (χ0) is 10.0. The molecule has 2 atom stereocenters. The smallest absolute Gasteiger partial charge is 0.227 e. The van der Waals surface area contributed by atoms with Crippen LogP contribution >= 0.6 is 0 Å². The summed E-state index contributed by atoms with van der Waals surface area (Å²) in [6.45, 7) is 1.41. The topological polar surface area (TPSA) is 47.3 Å². The van der Waals surface area contributed by atoms with E-state index in [1.807, 2.05) is 11.9 Å². The molecule has 1 heterocycles. The Kier molecular flexibility index (Phi) is 2.89. The van der Waals surface area contributed by atoms with E-state index in [9.17, 15) is 4.79 Å². The maximum absolute atomic E-state index is 11.6. The van der Waals surface area contributed by atoms with Crippen molar-refractivity contribution in [2.75, 3.05) is 34.2 Å². The number of amides is 1. The maximum atomic E-state index is 11.6. The van der Waals surface area contributed by atoms with Crippen molar-refractivity contribution in [3.8, 4) is 6.07 Å². The Bertz CT molecular complexity index is 244. The standard InChI is InChI=1S/C9H15N3O/c1-11(2)9(13)8-6-12(3)5-7(8)4-10/h7-8H,5-6H2,1-3H3. The summed E-state index contributed by atoms with van der Waals surface area (Å²) in [4.78, 5) is 15.2. The lowest BCUT2D eigenvalue weighted by molar-refractivity contribution is -0.133. The highest BCUT2D eigenvalue weighted by Gasteiger charge is 2.36. The first kappa shape index (κ1) is 10.0. The molecule has 0 aromatic heterocycles. The predicted molar refractivity (Wildman–Crippen MR) is 48.8 cm³/mol. The molecule has 0 aromatic rings. The van der Waals surface area contributed by atoms with Gasteiger partial charge in [-0.05, 0) is 7.05 Å². The highest BCUT2D eigenvalue weighted by molar-refractivity contribution is 5.79. The van der Waals surface area contributed by atoms with E-state index in [1.165, 1.54) is 0 Å². The third-order valence-corrected chi connectivity index (χ3v) is 2.43.